The number of ketones is 2. The Balaban J connectivity index is 1.92. The lowest BCUT2D eigenvalue weighted by molar-refractivity contribution is -0.148. The summed E-state index contributed by atoms with van der Waals surface area (Å²) < 4.78 is 5.17. The molecule has 228 valence electrons. The van der Waals surface area contributed by atoms with Crippen LogP contribution in [-0.2, 0) is 20.7 Å². The Labute approximate surface area is 242 Å². The van der Waals surface area contributed by atoms with Gasteiger partial charge in [0, 0.05) is 31.3 Å². The number of amides is 2. The number of phenols is 1. The Morgan fingerprint density at radius 1 is 1.12 bits per heavy atom. The molecular formula is C28H37N5O9. The fourth-order valence-corrected chi connectivity index (χ4v) is 6.27. The third-order valence-corrected chi connectivity index (χ3v) is 8.16. The molecule has 3 aliphatic carbocycles. The molecule has 0 heterocycles. The molecular weight excluding hydrogens is 550 g/mol. The number of aromatic hydroxyl groups is 1. The molecule has 0 aliphatic heterocycles. The summed E-state index contributed by atoms with van der Waals surface area (Å²) in [7, 11) is 6.50. The zero-order valence-corrected chi connectivity index (χ0v) is 24.3. The van der Waals surface area contributed by atoms with Crippen molar-refractivity contribution < 1.29 is 44.3 Å². The number of likely N-dealkylation sites (N-methyl/N-ethyl adjacent to an activating group) is 1. The molecule has 0 saturated carbocycles. The lowest BCUT2D eigenvalue weighted by Crippen LogP contribution is -2.63. The third kappa shape index (κ3) is 4.46. The molecule has 0 fully saturated rings. The average molecular weight is 588 g/mol. The molecule has 42 heavy (non-hydrogen) atoms. The van der Waals surface area contributed by atoms with E-state index in [9.17, 15) is 39.6 Å². The van der Waals surface area contributed by atoms with E-state index in [1.165, 1.54) is 11.0 Å². The summed E-state index contributed by atoms with van der Waals surface area (Å²) in [6, 6.07) is 0.342. The minimum Gasteiger partial charge on any atom is -0.510 e. The molecule has 14 heteroatoms. The number of fused-ring (bicyclic) bond motifs is 3. The Bertz CT molecular complexity index is 1450. The molecule has 0 saturated heterocycles. The molecule has 0 spiro atoms. The smallest absolute Gasteiger partial charge is 0.428 e. The third-order valence-electron chi connectivity index (χ3n) is 8.16. The summed E-state index contributed by atoms with van der Waals surface area (Å²) in [5, 5.41) is 46.0. The monoisotopic (exact) mass is 587 g/mol. The van der Waals surface area contributed by atoms with Gasteiger partial charge in [0.2, 0.25) is 5.78 Å². The van der Waals surface area contributed by atoms with Crippen molar-refractivity contribution in [3.8, 4) is 5.75 Å². The van der Waals surface area contributed by atoms with Crippen LogP contribution in [0, 0.1) is 17.8 Å². The Hall–Kier alpha value is -4.14. The number of carbonyl (C=O) groups excluding carboxylic acids is 4. The van der Waals surface area contributed by atoms with Gasteiger partial charge in [0.25, 0.3) is 5.91 Å². The van der Waals surface area contributed by atoms with Gasteiger partial charge in [0.05, 0.1) is 18.2 Å². The van der Waals surface area contributed by atoms with Gasteiger partial charge in [0.1, 0.15) is 22.8 Å². The van der Waals surface area contributed by atoms with Gasteiger partial charge in [0.15, 0.2) is 17.1 Å². The first-order valence-corrected chi connectivity index (χ1v) is 13.4. The van der Waals surface area contributed by atoms with Crippen LogP contribution in [0.15, 0.2) is 28.7 Å². The highest BCUT2D eigenvalue weighted by Gasteiger charge is 2.63. The van der Waals surface area contributed by atoms with Crippen molar-refractivity contribution in [3.05, 3.63) is 39.9 Å². The van der Waals surface area contributed by atoms with Gasteiger partial charge in [-0.25, -0.2) is 15.6 Å². The van der Waals surface area contributed by atoms with Crippen molar-refractivity contribution in [1.29, 1.82) is 0 Å². The van der Waals surface area contributed by atoms with E-state index in [-0.39, 0.29) is 42.2 Å². The van der Waals surface area contributed by atoms with Crippen molar-refractivity contribution in [2.24, 2.45) is 29.3 Å². The molecule has 8 N–H and O–H groups in total. The number of allylic oxidation sites excluding steroid dienone is 1. The number of ether oxygens (including phenoxy) is 1. The van der Waals surface area contributed by atoms with Gasteiger partial charge in [-0.15, -0.1) is 0 Å². The molecule has 0 aromatic heterocycles. The highest BCUT2D eigenvalue weighted by Crippen LogP contribution is 2.54. The molecule has 0 bridgehead atoms. The summed E-state index contributed by atoms with van der Waals surface area (Å²) >= 11 is 0. The molecule has 4 rings (SSSR count). The summed E-state index contributed by atoms with van der Waals surface area (Å²) in [6.07, 6.45) is -0.945. The quantitative estimate of drug-likeness (QED) is 0.117. The maximum Gasteiger partial charge on any atom is 0.428 e. The molecule has 0 unspecified atom stereocenters. The van der Waals surface area contributed by atoms with Gasteiger partial charge < -0.3 is 35.8 Å². The summed E-state index contributed by atoms with van der Waals surface area (Å²) in [6.45, 7) is 3.71. The van der Waals surface area contributed by atoms with E-state index in [1.54, 1.807) is 33.1 Å². The lowest BCUT2D eigenvalue weighted by atomic mass is 9.58. The van der Waals surface area contributed by atoms with E-state index >= 15 is 0 Å². The Kier molecular flexibility index (Phi) is 7.78. The van der Waals surface area contributed by atoms with Crippen molar-refractivity contribution in [3.63, 3.8) is 0 Å². The zero-order chi connectivity index (χ0) is 31.6. The zero-order valence-electron chi connectivity index (χ0n) is 24.3. The minimum atomic E-state index is -2.76. The Morgan fingerprint density at radius 2 is 1.74 bits per heavy atom. The molecule has 3 aliphatic rings. The molecule has 4 atom stereocenters. The van der Waals surface area contributed by atoms with E-state index in [0.29, 0.717) is 16.3 Å². The van der Waals surface area contributed by atoms with E-state index < -0.39 is 69.9 Å². The van der Waals surface area contributed by atoms with Crippen LogP contribution in [-0.4, -0.2) is 95.3 Å². The molecule has 1 aromatic rings. The number of primary amides is 1. The topological polar surface area (TPSA) is 220 Å². The van der Waals surface area contributed by atoms with Crippen molar-refractivity contribution >= 4 is 34.9 Å². The normalized spacial score (nSPS) is 25.3. The molecule has 2 amide bonds. The fourth-order valence-electron chi connectivity index (χ4n) is 6.27. The van der Waals surface area contributed by atoms with E-state index in [0.717, 1.165) is 0 Å². The predicted molar refractivity (Wildman–Crippen MR) is 151 cm³/mol. The number of hydrogen-bond donors (Lipinski definition) is 6. The van der Waals surface area contributed by atoms with Crippen molar-refractivity contribution in [1.82, 2.24) is 4.90 Å². The van der Waals surface area contributed by atoms with Crippen LogP contribution < -0.4 is 21.5 Å². The number of phenolic OH excluding ortho intramolecular Hbond substituents is 1. The average Bonchev–Trinajstić information content (AvgIpc) is 2.88. The fraction of sp³-hybridized carbons (Fsp3) is 0.500. The second-order valence-corrected chi connectivity index (χ2v) is 11.8. The van der Waals surface area contributed by atoms with Crippen LogP contribution in [0.25, 0.3) is 0 Å². The van der Waals surface area contributed by atoms with Gasteiger partial charge in [-0.05, 0) is 50.4 Å². The summed E-state index contributed by atoms with van der Waals surface area (Å²) in [5.41, 5.74) is 1.72. The van der Waals surface area contributed by atoms with Crippen LogP contribution >= 0.6 is 0 Å². The number of hydrazine groups is 1. The number of hydrogen-bond acceptors (Lipinski definition) is 12. The molecule has 0 radical (unpaired) electrons. The van der Waals surface area contributed by atoms with Crippen molar-refractivity contribution in [2.45, 2.75) is 38.3 Å². The highest BCUT2D eigenvalue weighted by molar-refractivity contribution is 6.25. The van der Waals surface area contributed by atoms with E-state index in [1.807, 2.05) is 13.8 Å². The molecule has 14 nitrogen and oxygen atoms in total. The maximum absolute atomic E-state index is 14.1. The molecule has 1 aromatic carbocycles. The Morgan fingerprint density at radius 3 is 2.26 bits per heavy atom. The van der Waals surface area contributed by atoms with Crippen LogP contribution in [0.2, 0.25) is 0 Å². The second kappa shape index (κ2) is 10.6. The maximum atomic E-state index is 14.1. The van der Waals surface area contributed by atoms with Crippen molar-refractivity contribution in [2.75, 3.05) is 44.7 Å². The van der Waals surface area contributed by atoms with E-state index in [2.05, 4.69) is 0 Å². The summed E-state index contributed by atoms with van der Waals surface area (Å²) in [5.74, 6) is -1.70. The number of anilines is 2. The van der Waals surface area contributed by atoms with Crippen LogP contribution in [0.5, 0.6) is 5.75 Å². The largest absolute Gasteiger partial charge is 0.510 e. The van der Waals surface area contributed by atoms with Gasteiger partial charge in [-0.1, -0.05) is 13.8 Å². The number of rotatable bonds is 6. The number of nitrogens with two attached hydrogens (primary N) is 2. The first-order valence-electron chi connectivity index (χ1n) is 13.4. The second-order valence-electron chi connectivity index (χ2n) is 11.8. The first-order chi connectivity index (χ1) is 19.5. The van der Waals surface area contributed by atoms with Gasteiger partial charge >= 0.3 is 6.09 Å². The van der Waals surface area contributed by atoms with Crippen LogP contribution in [0.1, 0.15) is 36.2 Å². The minimum absolute atomic E-state index is 0.00704. The SMILES string of the molecule is CC(C)COC(=O)N(N)c1cc(N(C)C)c2c(c1O)C(=O)C1=C(O)[C@]3(O)C(=O)C(C(N)=O)=C(O)[C@@H](N(C)C)[C@@H]3C[C@@H]1C2. The number of aliphatic hydroxyl groups is 3. The standard InChI is InChI=1S/C28H37N5O9/c1-11(2)10-42-27(40)33(30)16-9-15(31(3)4)13-7-12-8-14-20(32(5)6)23(36)19(26(29)39)25(38)28(14,41)24(37)17(12)22(35)18(13)21(16)34/h9,11-12,14,20,34,36-37,41H,7-8,10,30H2,1-6H3,(H2,29,39)/t12-,14-,20-,28-/m0/s1. The first kappa shape index (κ1) is 30.8. The van der Waals surface area contributed by atoms with Crippen LogP contribution in [0.4, 0.5) is 16.2 Å². The van der Waals surface area contributed by atoms with Crippen LogP contribution in [0.3, 0.4) is 0 Å². The number of aliphatic hydroxyl groups excluding tert-OH is 2. The number of nitrogens with zero attached hydrogens (tertiary/aromatic N) is 3. The summed E-state index contributed by atoms with van der Waals surface area (Å²) in [4.78, 5) is 55.5. The van der Waals surface area contributed by atoms with Gasteiger partial charge in [-0.3, -0.25) is 19.3 Å². The van der Waals surface area contributed by atoms with E-state index in [4.69, 9.17) is 16.3 Å². The number of benzene rings is 1. The predicted octanol–water partition coefficient (Wildman–Crippen LogP) is 0.659. The lowest BCUT2D eigenvalue weighted by Gasteiger charge is -2.50. The van der Waals surface area contributed by atoms with Gasteiger partial charge in [-0.2, -0.15) is 0 Å². The highest BCUT2D eigenvalue weighted by atomic mass is 16.6. The number of Topliss-reactive ketones (excluding diaryl/α,β-unsaturated/α-hetero) is 2. The number of carbonyl (C=O) groups is 4.